The average Bonchev–Trinajstić information content (AvgIpc) is 3.10. The van der Waals surface area contributed by atoms with Gasteiger partial charge < -0.3 is 10.2 Å². The number of amides is 2. The number of aromatic nitrogens is 2. The number of nitrogens with one attached hydrogen (secondary N) is 3. The second-order valence-electron chi connectivity index (χ2n) is 8.40. The van der Waals surface area contributed by atoms with E-state index in [2.05, 4.69) is 26.1 Å². The van der Waals surface area contributed by atoms with Crippen LogP contribution in [0.15, 0.2) is 36.7 Å². The van der Waals surface area contributed by atoms with Crippen LogP contribution in [0.3, 0.4) is 0 Å². The van der Waals surface area contributed by atoms with E-state index in [1.165, 1.54) is 0 Å². The SMILES string of the molecule is Cc1ncc(C2NNC3CC4NC(=O)N(Cc5cccc(Cl)c5)CC4CC32)cn1. The highest BCUT2D eigenvalue weighted by Crippen LogP contribution is 2.41. The molecule has 0 bridgehead atoms. The Labute approximate surface area is 175 Å². The van der Waals surface area contributed by atoms with Crippen molar-refractivity contribution in [3.63, 3.8) is 0 Å². The maximum absolute atomic E-state index is 12.7. The van der Waals surface area contributed by atoms with Gasteiger partial charge in [0.25, 0.3) is 0 Å². The molecule has 7 nitrogen and oxygen atoms in total. The number of halogens is 1. The fourth-order valence-electron chi connectivity index (χ4n) is 5.04. The Morgan fingerprint density at radius 3 is 2.79 bits per heavy atom. The highest BCUT2D eigenvalue weighted by molar-refractivity contribution is 6.30. The zero-order valence-corrected chi connectivity index (χ0v) is 17.1. The zero-order chi connectivity index (χ0) is 20.0. The van der Waals surface area contributed by atoms with Crippen LogP contribution in [0.2, 0.25) is 5.02 Å². The molecule has 1 saturated carbocycles. The molecule has 3 N–H and O–H groups in total. The standard InChI is InChI=1S/C21H25ClN6O/c1-12-23-8-15(9-24-12)20-17-6-14-11-28(10-13-3-2-4-16(22)5-13)21(29)25-18(14)7-19(17)26-27-20/h2-5,8-9,14,17-20,26-27H,6-7,10-11H2,1H3,(H,25,29). The molecule has 1 aliphatic carbocycles. The van der Waals surface area contributed by atoms with Crippen LogP contribution in [0.25, 0.3) is 0 Å². The summed E-state index contributed by atoms with van der Waals surface area (Å²) >= 11 is 6.11. The summed E-state index contributed by atoms with van der Waals surface area (Å²) in [6.07, 6.45) is 5.82. The molecule has 3 heterocycles. The minimum atomic E-state index is 0.0131. The molecule has 2 amide bonds. The first kappa shape index (κ1) is 18.8. The molecule has 2 aromatic rings. The lowest BCUT2D eigenvalue weighted by molar-refractivity contribution is 0.0961. The number of urea groups is 1. The summed E-state index contributed by atoms with van der Waals surface area (Å²) < 4.78 is 0. The van der Waals surface area contributed by atoms with Crippen LogP contribution in [-0.4, -0.2) is 39.5 Å². The van der Waals surface area contributed by atoms with Gasteiger partial charge in [-0.1, -0.05) is 23.7 Å². The number of hydrogen-bond acceptors (Lipinski definition) is 5. The fraction of sp³-hybridized carbons (Fsp3) is 0.476. The van der Waals surface area contributed by atoms with Crippen molar-refractivity contribution < 1.29 is 4.79 Å². The molecule has 29 heavy (non-hydrogen) atoms. The summed E-state index contributed by atoms with van der Waals surface area (Å²) in [4.78, 5) is 23.3. The van der Waals surface area contributed by atoms with E-state index in [9.17, 15) is 4.79 Å². The summed E-state index contributed by atoms with van der Waals surface area (Å²) in [5.74, 6) is 1.65. The summed E-state index contributed by atoms with van der Waals surface area (Å²) in [5, 5.41) is 3.94. The molecule has 5 rings (SSSR count). The molecule has 1 aromatic heterocycles. The van der Waals surface area contributed by atoms with Crippen LogP contribution >= 0.6 is 11.6 Å². The molecular weight excluding hydrogens is 388 g/mol. The second kappa shape index (κ2) is 7.55. The van der Waals surface area contributed by atoms with Crippen molar-refractivity contribution in [2.45, 2.75) is 44.4 Å². The highest BCUT2D eigenvalue weighted by atomic mass is 35.5. The minimum absolute atomic E-state index is 0.0131. The number of carbonyl (C=O) groups excluding carboxylic acids is 1. The Morgan fingerprint density at radius 1 is 1.17 bits per heavy atom. The predicted molar refractivity (Wildman–Crippen MR) is 110 cm³/mol. The van der Waals surface area contributed by atoms with Crippen LogP contribution in [0.1, 0.15) is 35.8 Å². The van der Waals surface area contributed by atoms with E-state index in [-0.39, 0.29) is 18.1 Å². The van der Waals surface area contributed by atoms with Gasteiger partial charge in [-0.3, -0.25) is 5.43 Å². The molecule has 0 radical (unpaired) electrons. The Hall–Kier alpha value is -2.22. The molecule has 0 spiro atoms. The number of aryl methyl sites for hydroxylation is 1. The number of hydrogen-bond donors (Lipinski definition) is 3. The van der Waals surface area contributed by atoms with Crippen molar-refractivity contribution in [2.75, 3.05) is 6.54 Å². The van der Waals surface area contributed by atoms with E-state index >= 15 is 0 Å². The minimum Gasteiger partial charge on any atom is -0.335 e. The van der Waals surface area contributed by atoms with E-state index in [0.717, 1.165) is 36.3 Å². The molecule has 3 aliphatic rings. The van der Waals surface area contributed by atoms with Crippen molar-refractivity contribution in [2.24, 2.45) is 11.8 Å². The summed E-state index contributed by atoms with van der Waals surface area (Å²) in [5.41, 5.74) is 9.05. The van der Waals surface area contributed by atoms with Gasteiger partial charge in [-0.2, -0.15) is 0 Å². The lowest BCUT2D eigenvalue weighted by Crippen LogP contribution is -2.60. The summed E-state index contributed by atoms with van der Waals surface area (Å²) in [7, 11) is 0. The normalized spacial score (nSPS) is 31.2. The Bertz CT molecular complexity index is 906. The van der Waals surface area contributed by atoms with E-state index < -0.39 is 0 Å². The van der Waals surface area contributed by atoms with Crippen LogP contribution in [0.4, 0.5) is 4.79 Å². The average molecular weight is 413 g/mol. The predicted octanol–water partition coefficient (Wildman–Crippen LogP) is 2.58. The van der Waals surface area contributed by atoms with E-state index in [0.29, 0.717) is 29.4 Å². The molecule has 5 atom stereocenters. The van der Waals surface area contributed by atoms with Gasteiger partial charge in [0.15, 0.2) is 0 Å². The van der Waals surface area contributed by atoms with Crippen molar-refractivity contribution >= 4 is 17.6 Å². The Kier molecular flexibility index (Phi) is 4.89. The van der Waals surface area contributed by atoms with Gasteiger partial charge in [-0.05, 0) is 49.3 Å². The van der Waals surface area contributed by atoms with Gasteiger partial charge >= 0.3 is 6.03 Å². The lowest BCUT2D eigenvalue weighted by Gasteiger charge is -2.45. The number of fused-ring (bicyclic) bond motifs is 2. The van der Waals surface area contributed by atoms with E-state index in [1.54, 1.807) is 0 Å². The monoisotopic (exact) mass is 412 g/mol. The van der Waals surface area contributed by atoms with Gasteiger partial charge in [0.1, 0.15) is 5.82 Å². The van der Waals surface area contributed by atoms with Gasteiger partial charge in [0.2, 0.25) is 0 Å². The van der Waals surface area contributed by atoms with Crippen LogP contribution in [0, 0.1) is 18.8 Å². The van der Waals surface area contributed by atoms with Crippen LogP contribution < -0.4 is 16.2 Å². The smallest absolute Gasteiger partial charge is 0.317 e. The van der Waals surface area contributed by atoms with Crippen molar-refractivity contribution in [3.05, 3.63) is 58.6 Å². The summed E-state index contributed by atoms with van der Waals surface area (Å²) in [6, 6.07) is 8.48. The number of benzene rings is 1. The van der Waals surface area contributed by atoms with E-state index in [4.69, 9.17) is 11.6 Å². The fourth-order valence-corrected chi connectivity index (χ4v) is 5.25. The molecule has 2 saturated heterocycles. The van der Waals surface area contributed by atoms with Crippen molar-refractivity contribution in [3.8, 4) is 0 Å². The maximum atomic E-state index is 12.7. The van der Waals surface area contributed by atoms with Crippen LogP contribution in [0.5, 0.6) is 0 Å². The summed E-state index contributed by atoms with van der Waals surface area (Å²) in [6.45, 7) is 3.25. The van der Waals surface area contributed by atoms with Gasteiger partial charge in [-0.25, -0.2) is 20.2 Å². The molecule has 5 unspecified atom stereocenters. The number of carbonyl (C=O) groups is 1. The van der Waals surface area contributed by atoms with Crippen LogP contribution in [-0.2, 0) is 6.54 Å². The topological polar surface area (TPSA) is 82.2 Å². The molecule has 3 fully saturated rings. The molecule has 2 aliphatic heterocycles. The van der Waals surface area contributed by atoms with Crippen molar-refractivity contribution in [1.29, 1.82) is 0 Å². The van der Waals surface area contributed by atoms with E-state index in [1.807, 2.05) is 48.5 Å². The third kappa shape index (κ3) is 3.70. The largest absolute Gasteiger partial charge is 0.335 e. The third-order valence-corrected chi connectivity index (χ3v) is 6.73. The molecule has 152 valence electrons. The Balaban J connectivity index is 1.31. The molecule has 8 heteroatoms. The first-order valence-electron chi connectivity index (χ1n) is 10.2. The van der Waals surface area contributed by atoms with Gasteiger partial charge in [-0.15, -0.1) is 0 Å². The first-order valence-corrected chi connectivity index (χ1v) is 10.5. The second-order valence-corrected chi connectivity index (χ2v) is 8.83. The van der Waals surface area contributed by atoms with Gasteiger partial charge in [0.05, 0.1) is 6.04 Å². The molecule has 1 aromatic carbocycles. The molecular formula is C21H25ClN6O. The number of nitrogens with zero attached hydrogens (tertiary/aromatic N) is 3. The first-order chi connectivity index (χ1) is 14.1. The quantitative estimate of drug-likeness (QED) is 0.721. The van der Waals surface area contributed by atoms with Gasteiger partial charge in [0, 0.05) is 48.2 Å². The zero-order valence-electron chi connectivity index (χ0n) is 16.3. The third-order valence-electron chi connectivity index (χ3n) is 6.49. The lowest BCUT2D eigenvalue weighted by atomic mass is 9.71. The number of rotatable bonds is 3. The Morgan fingerprint density at radius 2 is 2.00 bits per heavy atom. The highest BCUT2D eigenvalue weighted by Gasteiger charge is 2.47. The van der Waals surface area contributed by atoms with Crippen molar-refractivity contribution in [1.82, 2.24) is 31.0 Å². The number of hydrazine groups is 1. The maximum Gasteiger partial charge on any atom is 0.317 e.